The van der Waals surface area contributed by atoms with Crippen molar-refractivity contribution in [2.45, 2.75) is 13.8 Å². The number of anilines is 3. The smallest absolute Gasteiger partial charge is 0.0490 e. The summed E-state index contributed by atoms with van der Waals surface area (Å²) in [5.74, 6) is 0. The lowest BCUT2D eigenvalue weighted by Gasteiger charge is -2.28. The molecule has 4 aromatic carbocycles. The van der Waals surface area contributed by atoms with Crippen molar-refractivity contribution in [1.29, 1.82) is 0 Å². The molecule has 0 saturated carbocycles. The molecule has 0 bridgehead atoms. The van der Waals surface area contributed by atoms with Crippen LogP contribution in [0.25, 0.3) is 10.8 Å². The van der Waals surface area contributed by atoms with Crippen LogP contribution in [-0.2, 0) is 0 Å². The standard InChI is InChI=1S/C24H21N/c1-18-9-3-7-13-23(18)25(24-14-8-4-10-19(24)2)22-16-15-20-11-5-6-12-21(20)17-22/h3-17H,1-2H3. The Morgan fingerprint density at radius 3 is 1.64 bits per heavy atom. The van der Waals surface area contributed by atoms with E-state index in [2.05, 4.69) is 110 Å². The highest BCUT2D eigenvalue weighted by Crippen LogP contribution is 2.38. The molecule has 4 rings (SSSR count). The molecule has 0 aliphatic carbocycles. The lowest BCUT2D eigenvalue weighted by Crippen LogP contribution is -2.12. The van der Waals surface area contributed by atoms with Crippen molar-refractivity contribution in [1.82, 2.24) is 0 Å². The number of hydrogen-bond acceptors (Lipinski definition) is 1. The number of rotatable bonds is 3. The average molecular weight is 323 g/mol. The van der Waals surface area contributed by atoms with Crippen molar-refractivity contribution in [3.05, 3.63) is 102 Å². The maximum atomic E-state index is 2.36. The first kappa shape index (κ1) is 15.5. The zero-order chi connectivity index (χ0) is 17.2. The van der Waals surface area contributed by atoms with Gasteiger partial charge in [-0.3, -0.25) is 0 Å². The van der Waals surface area contributed by atoms with E-state index < -0.39 is 0 Å². The molecule has 1 heteroatoms. The Labute approximate surface area is 149 Å². The van der Waals surface area contributed by atoms with Crippen LogP contribution >= 0.6 is 0 Å². The predicted octanol–water partition coefficient (Wildman–Crippen LogP) is 6.93. The van der Waals surface area contributed by atoms with E-state index in [1.165, 1.54) is 39.0 Å². The third-order valence-corrected chi connectivity index (χ3v) is 4.70. The first-order valence-corrected chi connectivity index (χ1v) is 8.64. The summed E-state index contributed by atoms with van der Waals surface area (Å²) in [6.07, 6.45) is 0. The van der Waals surface area contributed by atoms with Crippen LogP contribution in [0.2, 0.25) is 0 Å². The first-order chi connectivity index (χ1) is 12.2. The fourth-order valence-corrected chi connectivity index (χ4v) is 3.35. The molecule has 122 valence electrons. The van der Waals surface area contributed by atoms with Crippen LogP contribution in [0.3, 0.4) is 0 Å². The van der Waals surface area contributed by atoms with Crippen molar-refractivity contribution >= 4 is 27.8 Å². The van der Waals surface area contributed by atoms with Gasteiger partial charge in [-0.15, -0.1) is 0 Å². The van der Waals surface area contributed by atoms with Gasteiger partial charge in [0.1, 0.15) is 0 Å². The highest BCUT2D eigenvalue weighted by atomic mass is 15.1. The molecule has 4 aromatic rings. The van der Waals surface area contributed by atoms with Crippen LogP contribution < -0.4 is 4.90 Å². The molecule has 0 heterocycles. The van der Waals surface area contributed by atoms with Gasteiger partial charge >= 0.3 is 0 Å². The summed E-state index contributed by atoms with van der Waals surface area (Å²) in [4.78, 5) is 2.36. The summed E-state index contributed by atoms with van der Waals surface area (Å²) in [7, 11) is 0. The zero-order valence-corrected chi connectivity index (χ0v) is 14.6. The van der Waals surface area contributed by atoms with Crippen LogP contribution in [0.1, 0.15) is 11.1 Å². The summed E-state index contributed by atoms with van der Waals surface area (Å²) in [5.41, 5.74) is 6.14. The van der Waals surface area contributed by atoms with Gasteiger partial charge in [-0.2, -0.15) is 0 Å². The van der Waals surface area contributed by atoms with Crippen LogP contribution in [0, 0.1) is 13.8 Å². The average Bonchev–Trinajstić information content (AvgIpc) is 2.65. The van der Waals surface area contributed by atoms with Gasteiger partial charge in [0.25, 0.3) is 0 Å². The van der Waals surface area contributed by atoms with Crippen molar-refractivity contribution in [2.75, 3.05) is 4.90 Å². The van der Waals surface area contributed by atoms with Gasteiger partial charge in [-0.1, -0.05) is 66.7 Å². The topological polar surface area (TPSA) is 3.24 Å². The Morgan fingerprint density at radius 1 is 0.520 bits per heavy atom. The minimum Gasteiger partial charge on any atom is -0.310 e. The Hall–Kier alpha value is -3.06. The fourth-order valence-electron chi connectivity index (χ4n) is 3.35. The highest BCUT2D eigenvalue weighted by molar-refractivity contribution is 5.90. The van der Waals surface area contributed by atoms with Gasteiger partial charge in [0.05, 0.1) is 0 Å². The molecule has 25 heavy (non-hydrogen) atoms. The second kappa shape index (κ2) is 6.45. The van der Waals surface area contributed by atoms with E-state index >= 15 is 0 Å². The summed E-state index contributed by atoms with van der Waals surface area (Å²) in [6.45, 7) is 4.34. The molecule has 0 aliphatic heterocycles. The Kier molecular flexibility index (Phi) is 3.99. The largest absolute Gasteiger partial charge is 0.310 e. The van der Waals surface area contributed by atoms with Crippen LogP contribution in [0.4, 0.5) is 17.1 Å². The van der Waals surface area contributed by atoms with E-state index in [4.69, 9.17) is 0 Å². The van der Waals surface area contributed by atoms with Gasteiger partial charge < -0.3 is 4.90 Å². The lowest BCUT2D eigenvalue weighted by atomic mass is 10.1. The second-order valence-electron chi connectivity index (χ2n) is 6.44. The molecule has 0 N–H and O–H groups in total. The van der Waals surface area contributed by atoms with Crippen molar-refractivity contribution in [3.63, 3.8) is 0 Å². The fraction of sp³-hybridized carbons (Fsp3) is 0.0833. The second-order valence-corrected chi connectivity index (χ2v) is 6.44. The molecule has 0 radical (unpaired) electrons. The Balaban J connectivity index is 1.96. The van der Waals surface area contributed by atoms with E-state index in [0.29, 0.717) is 0 Å². The van der Waals surface area contributed by atoms with Gasteiger partial charge in [0, 0.05) is 17.1 Å². The number of aryl methyl sites for hydroxylation is 2. The predicted molar refractivity (Wildman–Crippen MR) is 108 cm³/mol. The molecule has 0 fully saturated rings. The summed E-state index contributed by atoms with van der Waals surface area (Å²) in [6, 6.07) is 32.3. The van der Waals surface area contributed by atoms with Gasteiger partial charge in [-0.25, -0.2) is 0 Å². The van der Waals surface area contributed by atoms with Gasteiger partial charge in [-0.05, 0) is 60.0 Å². The molecule has 0 aromatic heterocycles. The number of nitrogens with zero attached hydrogens (tertiary/aromatic N) is 1. The van der Waals surface area contributed by atoms with Crippen molar-refractivity contribution in [3.8, 4) is 0 Å². The van der Waals surface area contributed by atoms with E-state index in [0.717, 1.165) is 0 Å². The molecular weight excluding hydrogens is 302 g/mol. The quantitative estimate of drug-likeness (QED) is 0.395. The van der Waals surface area contributed by atoms with Crippen molar-refractivity contribution in [2.24, 2.45) is 0 Å². The van der Waals surface area contributed by atoms with E-state index in [1.807, 2.05) is 0 Å². The molecule has 0 aliphatic rings. The number of fused-ring (bicyclic) bond motifs is 1. The third-order valence-electron chi connectivity index (χ3n) is 4.70. The monoisotopic (exact) mass is 323 g/mol. The molecule has 1 nitrogen and oxygen atoms in total. The van der Waals surface area contributed by atoms with Gasteiger partial charge in [0.2, 0.25) is 0 Å². The van der Waals surface area contributed by atoms with Gasteiger partial charge in [0.15, 0.2) is 0 Å². The van der Waals surface area contributed by atoms with E-state index in [1.54, 1.807) is 0 Å². The third kappa shape index (κ3) is 2.89. The number of hydrogen-bond donors (Lipinski definition) is 0. The van der Waals surface area contributed by atoms with Crippen LogP contribution in [-0.4, -0.2) is 0 Å². The van der Waals surface area contributed by atoms with E-state index in [9.17, 15) is 0 Å². The molecule has 0 saturated heterocycles. The Bertz CT molecular complexity index is 987. The summed E-state index contributed by atoms with van der Waals surface area (Å²) >= 11 is 0. The molecule has 0 amide bonds. The summed E-state index contributed by atoms with van der Waals surface area (Å²) in [5, 5.41) is 2.52. The summed E-state index contributed by atoms with van der Waals surface area (Å²) < 4.78 is 0. The molecule has 0 unspecified atom stereocenters. The number of benzene rings is 4. The van der Waals surface area contributed by atoms with Crippen LogP contribution in [0.15, 0.2) is 91.0 Å². The molecule has 0 atom stereocenters. The first-order valence-electron chi connectivity index (χ1n) is 8.64. The normalized spacial score (nSPS) is 10.8. The SMILES string of the molecule is Cc1ccccc1N(c1ccc2ccccc2c1)c1ccccc1C. The van der Waals surface area contributed by atoms with E-state index in [-0.39, 0.29) is 0 Å². The highest BCUT2D eigenvalue weighted by Gasteiger charge is 2.16. The maximum absolute atomic E-state index is 2.36. The minimum atomic E-state index is 1.18. The Morgan fingerprint density at radius 2 is 1.04 bits per heavy atom. The minimum absolute atomic E-state index is 1.18. The number of para-hydroxylation sites is 2. The van der Waals surface area contributed by atoms with Crippen molar-refractivity contribution < 1.29 is 0 Å². The lowest BCUT2D eigenvalue weighted by molar-refractivity contribution is 1.23. The maximum Gasteiger partial charge on any atom is 0.0490 e. The van der Waals surface area contributed by atoms with Crippen LogP contribution in [0.5, 0.6) is 0 Å². The zero-order valence-electron chi connectivity index (χ0n) is 14.6. The molecule has 0 spiro atoms. The molecular formula is C24H21N.